The Morgan fingerprint density at radius 1 is 1.08 bits per heavy atom. The number of fused-ring (bicyclic) bond motifs is 1. The number of carboxylic acid groups (broad SMARTS) is 1. The van der Waals surface area contributed by atoms with E-state index in [2.05, 4.69) is 20.9 Å². The van der Waals surface area contributed by atoms with Crippen LogP contribution in [0, 0.1) is 0 Å². The van der Waals surface area contributed by atoms with Crippen LogP contribution in [-0.2, 0) is 22.7 Å². The van der Waals surface area contributed by atoms with E-state index in [4.69, 9.17) is 37.9 Å². The van der Waals surface area contributed by atoms with Crippen molar-refractivity contribution in [2.75, 3.05) is 25.5 Å². The number of β-amino-alcohol motifs (C(OH)–C–C–N with tert-alkyl or cyclic N) is 1. The van der Waals surface area contributed by atoms with E-state index < -0.39 is 18.1 Å². The van der Waals surface area contributed by atoms with Crippen molar-refractivity contribution in [1.29, 1.82) is 0 Å². The van der Waals surface area contributed by atoms with Crippen molar-refractivity contribution in [2.45, 2.75) is 50.5 Å². The van der Waals surface area contributed by atoms with Gasteiger partial charge in [-0.05, 0) is 24.6 Å². The molecule has 2 aliphatic rings. The summed E-state index contributed by atoms with van der Waals surface area (Å²) in [5.41, 5.74) is 4.91. The summed E-state index contributed by atoms with van der Waals surface area (Å²) in [7, 11) is 1.58. The number of benzene rings is 2. The number of rotatable bonds is 12. The Kier molecular flexibility index (Phi) is 10.4. The van der Waals surface area contributed by atoms with Gasteiger partial charge in [0, 0.05) is 67.0 Å². The van der Waals surface area contributed by atoms with Gasteiger partial charge in [0.1, 0.15) is 16.6 Å². The van der Waals surface area contributed by atoms with Gasteiger partial charge in [-0.2, -0.15) is 0 Å². The summed E-state index contributed by atoms with van der Waals surface area (Å²) in [5.74, 6) is 0.114. The van der Waals surface area contributed by atoms with Crippen LogP contribution in [-0.4, -0.2) is 80.3 Å². The Bertz CT molecular complexity index is 2110. The minimum absolute atomic E-state index is 0.0870. The zero-order chi connectivity index (χ0) is 35.6. The Balaban J connectivity index is 1.11. The number of carbonyl (C=O) groups is 2. The molecule has 12 nitrogen and oxygen atoms in total. The lowest BCUT2D eigenvalue weighted by Crippen LogP contribution is -2.35. The fraction of sp³-hybridized carbons (Fsp3) is 0.306. The maximum Gasteiger partial charge on any atom is 0.321 e. The number of hydrogen-bond acceptors (Lipinski definition) is 11. The molecule has 2 aromatic carbocycles. The highest BCUT2D eigenvalue weighted by Crippen LogP contribution is 2.42. The Hall–Kier alpha value is -4.37. The lowest BCUT2D eigenvalue weighted by molar-refractivity contribution is -0.142. The molecule has 51 heavy (non-hydrogen) atoms. The molecule has 7 rings (SSSR count). The molecule has 1 amide bonds. The van der Waals surface area contributed by atoms with Crippen LogP contribution in [0.3, 0.4) is 0 Å². The first-order valence-corrected chi connectivity index (χ1v) is 18.0. The summed E-state index contributed by atoms with van der Waals surface area (Å²) in [5, 5.41) is 31.0. The molecular weight excluding hydrogens is 713 g/mol. The molecule has 264 valence electrons. The number of nitrogens with zero attached hydrogens (tertiary/aromatic N) is 4. The number of likely N-dealkylation sites (tertiary alicyclic amines) is 1. The van der Waals surface area contributed by atoms with E-state index in [0.29, 0.717) is 75.8 Å². The highest BCUT2D eigenvalue weighted by atomic mass is 35.5. The third-order valence-corrected chi connectivity index (χ3v) is 10.9. The van der Waals surface area contributed by atoms with Gasteiger partial charge in [0.2, 0.25) is 11.8 Å². The van der Waals surface area contributed by atoms with Crippen LogP contribution in [0.15, 0.2) is 60.8 Å². The lowest BCUT2D eigenvalue weighted by Gasteiger charge is -2.18. The number of pyridine rings is 2. The van der Waals surface area contributed by atoms with Crippen LogP contribution in [0.25, 0.3) is 32.6 Å². The number of aliphatic hydroxyl groups is 1. The van der Waals surface area contributed by atoms with Crippen LogP contribution >= 0.6 is 34.5 Å². The van der Waals surface area contributed by atoms with Crippen molar-refractivity contribution < 1.29 is 24.5 Å². The number of hydrogen-bond donors (Lipinski definition) is 5. The largest absolute Gasteiger partial charge is 0.481 e. The predicted octanol–water partition coefficient (Wildman–Crippen LogP) is 5.87. The Morgan fingerprint density at radius 2 is 1.86 bits per heavy atom. The molecule has 2 aliphatic heterocycles. The number of carbonyl (C=O) groups excluding carboxylic acids is 1. The molecule has 5 aromatic rings. The minimum atomic E-state index is -0.956. The molecule has 5 heterocycles. The standard InChI is InChI=1S/C36H35Cl2N7O5S/c1-50-35-19(15-39-16-20-9-11-29(47)41-20)8-10-25(43-35)24-6-2-4-22(31(24)37)23-5-3-7-26(32(23)38)42-34-33-28(12-13-40-34)51-30(44-33)18-45-17-21(46)14-27(45)36(48)49/h2-8,10,12-13,20-21,27,39,46H,9,11,14-18H2,1H3,(H,40,42)(H,41,47)(H,48,49)/t20-,21+,27-/m0/s1. The molecule has 0 unspecified atom stereocenters. The highest BCUT2D eigenvalue weighted by Gasteiger charge is 2.36. The van der Waals surface area contributed by atoms with E-state index in [1.54, 1.807) is 18.2 Å². The number of aromatic nitrogens is 3. The van der Waals surface area contributed by atoms with Gasteiger partial charge in [0.05, 0.1) is 45.9 Å². The molecule has 0 bridgehead atoms. The zero-order valence-electron chi connectivity index (χ0n) is 27.5. The molecule has 15 heteroatoms. The average molecular weight is 749 g/mol. The quantitative estimate of drug-likeness (QED) is 0.104. The molecule has 0 saturated carbocycles. The predicted molar refractivity (Wildman–Crippen MR) is 198 cm³/mol. The van der Waals surface area contributed by atoms with Crippen LogP contribution in [0.1, 0.15) is 29.8 Å². The SMILES string of the molecule is COc1nc(-c2cccc(-c3cccc(Nc4nccc5sc(CN6C[C@H](O)C[C@H]6C(=O)O)nc45)c3Cl)c2Cl)ccc1CNC[C@@H]1CCC(=O)N1. The second kappa shape index (κ2) is 15.1. The molecule has 0 radical (unpaired) electrons. The van der Waals surface area contributed by atoms with Crippen LogP contribution in [0.2, 0.25) is 10.0 Å². The molecule has 2 fully saturated rings. The smallest absolute Gasteiger partial charge is 0.321 e. The van der Waals surface area contributed by atoms with Gasteiger partial charge in [-0.15, -0.1) is 11.3 Å². The van der Waals surface area contributed by atoms with E-state index in [0.717, 1.165) is 27.3 Å². The minimum Gasteiger partial charge on any atom is -0.481 e. The number of aliphatic hydroxyl groups excluding tert-OH is 1. The first kappa shape index (κ1) is 35.1. The molecule has 0 aliphatic carbocycles. The van der Waals surface area contributed by atoms with Crippen molar-refractivity contribution in [2.24, 2.45) is 0 Å². The number of anilines is 2. The second-order valence-corrected chi connectivity index (χ2v) is 14.4. The van der Waals surface area contributed by atoms with Gasteiger partial charge in [-0.3, -0.25) is 14.5 Å². The third-order valence-electron chi connectivity index (χ3n) is 9.10. The third kappa shape index (κ3) is 7.50. The van der Waals surface area contributed by atoms with E-state index in [9.17, 15) is 19.8 Å². The molecule has 2 saturated heterocycles. The van der Waals surface area contributed by atoms with Crippen LogP contribution in [0.4, 0.5) is 11.5 Å². The topological polar surface area (TPSA) is 162 Å². The van der Waals surface area contributed by atoms with E-state index in [-0.39, 0.29) is 24.9 Å². The van der Waals surface area contributed by atoms with Crippen LogP contribution in [0.5, 0.6) is 5.88 Å². The molecular formula is C36H35Cl2N7O5S. The van der Waals surface area contributed by atoms with Gasteiger partial charge in [0.15, 0.2) is 5.82 Å². The highest BCUT2D eigenvalue weighted by molar-refractivity contribution is 7.18. The van der Waals surface area contributed by atoms with E-state index in [1.807, 2.05) is 54.6 Å². The van der Waals surface area contributed by atoms with Crippen LogP contribution < -0.4 is 20.7 Å². The maximum atomic E-state index is 11.7. The van der Waals surface area contributed by atoms with Crippen molar-refractivity contribution in [1.82, 2.24) is 30.5 Å². The van der Waals surface area contributed by atoms with Crippen molar-refractivity contribution in [3.05, 3.63) is 81.4 Å². The normalized spacial score (nSPS) is 19.1. The number of methoxy groups -OCH3 is 1. The molecule has 3 aromatic heterocycles. The number of thiazole rings is 1. The summed E-state index contributed by atoms with van der Waals surface area (Å²) in [6.45, 7) is 1.77. The van der Waals surface area contributed by atoms with E-state index >= 15 is 0 Å². The number of amides is 1. The van der Waals surface area contributed by atoms with Gasteiger partial charge < -0.3 is 30.9 Å². The first-order valence-electron chi connectivity index (χ1n) is 16.5. The van der Waals surface area contributed by atoms with Gasteiger partial charge in [-0.25, -0.2) is 15.0 Å². The fourth-order valence-corrected chi connectivity index (χ4v) is 8.18. The fourth-order valence-electron chi connectivity index (χ4n) is 6.59. The van der Waals surface area contributed by atoms with Gasteiger partial charge in [-0.1, -0.05) is 59.6 Å². The number of ether oxygens (including phenoxy) is 1. The molecule has 3 atom stereocenters. The lowest BCUT2D eigenvalue weighted by atomic mass is 10.00. The summed E-state index contributed by atoms with van der Waals surface area (Å²) >= 11 is 15.6. The Morgan fingerprint density at radius 3 is 2.63 bits per heavy atom. The van der Waals surface area contributed by atoms with Crippen molar-refractivity contribution in [3.8, 4) is 28.3 Å². The molecule has 0 spiro atoms. The maximum absolute atomic E-state index is 11.7. The number of carboxylic acids is 1. The monoisotopic (exact) mass is 747 g/mol. The van der Waals surface area contributed by atoms with Gasteiger partial charge in [0.25, 0.3) is 0 Å². The van der Waals surface area contributed by atoms with Crippen molar-refractivity contribution >= 4 is 68.1 Å². The summed E-state index contributed by atoms with van der Waals surface area (Å²) in [6.07, 6.45) is 2.57. The second-order valence-electron chi connectivity index (χ2n) is 12.5. The average Bonchev–Trinajstić information content (AvgIpc) is 3.84. The summed E-state index contributed by atoms with van der Waals surface area (Å²) < 4.78 is 6.52. The Labute approximate surface area is 307 Å². The number of nitrogens with one attached hydrogen (secondary N) is 3. The van der Waals surface area contributed by atoms with E-state index in [1.165, 1.54) is 11.3 Å². The zero-order valence-corrected chi connectivity index (χ0v) is 29.9. The summed E-state index contributed by atoms with van der Waals surface area (Å²) in [6, 6.07) is 16.4. The van der Waals surface area contributed by atoms with Crippen molar-refractivity contribution in [3.63, 3.8) is 0 Å². The summed E-state index contributed by atoms with van der Waals surface area (Å²) in [4.78, 5) is 39.1. The number of aliphatic carboxylic acids is 1. The van der Waals surface area contributed by atoms with Gasteiger partial charge >= 0.3 is 5.97 Å². The number of halogens is 2. The molecule has 5 N–H and O–H groups in total. The first-order chi connectivity index (χ1) is 24.7.